The van der Waals surface area contributed by atoms with E-state index in [1.165, 1.54) is 17.6 Å². The van der Waals surface area contributed by atoms with Crippen molar-refractivity contribution in [1.29, 1.82) is 0 Å². The second-order valence-electron chi connectivity index (χ2n) is 4.13. The summed E-state index contributed by atoms with van der Waals surface area (Å²) in [6.45, 7) is 4.35. The Kier molecular flexibility index (Phi) is 5.42. The van der Waals surface area contributed by atoms with E-state index in [4.69, 9.17) is 5.73 Å². The molecule has 17 heavy (non-hydrogen) atoms. The van der Waals surface area contributed by atoms with Gasteiger partial charge in [-0.1, -0.05) is 37.4 Å². The van der Waals surface area contributed by atoms with Crippen LogP contribution in [0.1, 0.15) is 32.3 Å². The topological polar surface area (TPSA) is 29.3 Å². The number of benzene rings is 1. The average Bonchev–Trinajstić information content (AvgIpc) is 2.35. The molecule has 0 saturated heterocycles. The standard InChI is InChI=1S/C14H22N2S/c1-5-6-7-11(2)12-8-9-13(15)14(10-12)16(3)17-4/h7-10H,5-6,15H2,1-4H3/b11-7+. The fraction of sp³-hybridized carbons (Fsp3) is 0.429. The third-order valence-electron chi connectivity index (χ3n) is 2.84. The molecular formula is C14H22N2S. The number of nitrogens with two attached hydrogens (primary N) is 1. The molecule has 1 rings (SSSR count). The first-order chi connectivity index (χ1) is 8.10. The summed E-state index contributed by atoms with van der Waals surface area (Å²) in [5, 5.41) is 0. The summed E-state index contributed by atoms with van der Waals surface area (Å²) in [5.41, 5.74) is 10.5. The Morgan fingerprint density at radius 2 is 2.18 bits per heavy atom. The Bertz CT molecular complexity index is 399. The molecule has 1 aromatic carbocycles. The molecule has 2 nitrogen and oxygen atoms in total. The monoisotopic (exact) mass is 250 g/mol. The van der Waals surface area contributed by atoms with Crippen LogP contribution in [0.5, 0.6) is 0 Å². The van der Waals surface area contributed by atoms with Gasteiger partial charge in [-0.05, 0) is 36.6 Å². The normalized spacial score (nSPS) is 11.6. The highest BCUT2D eigenvalue weighted by molar-refractivity contribution is 7.99. The van der Waals surface area contributed by atoms with Crippen LogP contribution < -0.4 is 10.0 Å². The highest BCUT2D eigenvalue weighted by Gasteiger charge is 2.06. The molecule has 0 aliphatic rings. The van der Waals surface area contributed by atoms with Gasteiger partial charge in [-0.15, -0.1) is 0 Å². The van der Waals surface area contributed by atoms with Crippen molar-refractivity contribution < 1.29 is 0 Å². The van der Waals surface area contributed by atoms with Crippen molar-refractivity contribution in [2.24, 2.45) is 0 Å². The number of nitrogen functional groups attached to an aromatic ring is 1. The van der Waals surface area contributed by atoms with Gasteiger partial charge in [0.1, 0.15) is 0 Å². The molecular weight excluding hydrogens is 228 g/mol. The summed E-state index contributed by atoms with van der Waals surface area (Å²) in [5.74, 6) is 0. The summed E-state index contributed by atoms with van der Waals surface area (Å²) >= 11 is 1.66. The molecule has 0 heterocycles. The molecule has 1 aromatic rings. The molecule has 0 aromatic heterocycles. The summed E-state index contributed by atoms with van der Waals surface area (Å²) in [6.07, 6.45) is 6.65. The zero-order valence-electron chi connectivity index (χ0n) is 11.2. The summed E-state index contributed by atoms with van der Waals surface area (Å²) < 4.78 is 2.09. The van der Waals surface area contributed by atoms with Crippen molar-refractivity contribution in [3.05, 3.63) is 29.8 Å². The maximum absolute atomic E-state index is 5.99. The number of rotatable bonds is 5. The number of hydrogen-bond donors (Lipinski definition) is 1. The number of allylic oxidation sites excluding steroid dienone is 2. The van der Waals surface area contributed by atoms with Crippen LogP contribution in [0.4, 0.5) is 11.4 Å². The molecule has 0 saturated carbocycles. The van der Waals surface area contributed by atoms with Gasteiger partial charge in [0.15, 0.2) is 0 Å². The highest BCUT2D eigenvalue weighted by Crippen LogP contribution is 2.29. The van der Waals surface area contributed by atoms with Gasteiger partial charge in [-0.3, -0.25) is 0 Å². The van der Waals surface area contributed by atoms with Crippen molar-refractivity contribution >= 4 is 28.9 Å². The molecule has 0 amide bonds. The molecule has 0 radical (unpaired) electrons. The van der Waals surface area contributed by atoms with E-state index in [-0.39, 0.29) is 0 Å². The number of hydrogen-bond acceptors (Lipinski definition) is 3. The van der Waals surface area contributed by atoms with Crippen LogP contribution in [0.15, 0.2) is 24.3 Å². The van der Waals surface area contributed by atoms with Gasteiger partial charge >= 0.3 is 0 Å². The van der Waals surface area contributed by atoms with Gasteiger partial charge < -0.3 is 10.0 Å². The van der Waals surface area contributed by atoms with Crippen molar-refractivity contribution in [2.75, 3.05) is 23.3 Å². The van der Waals surface area contributed by atoms with Crippen LogP contribution in [0.2, 0.25) is 0 Å². The molecule has 2 N–H and O–H groups in total. The van der Waals surface area contributed by atoms with E-state index in [1.807, 2.05) is 19.4 Å². The number of anilines is 2. The second kappa shape index (κ2) is 6.60. The van der Waals surface area contributed by atoms with Gasteiger partial charge in [0.2, 0.25) is 0 Å². The maximum atomic E-state index is 5.99. The van der Waals surface area contributed by atoms with E-state index < -0.39 is 0 Å². The van der Waals surface area contributed by atoms with Crippen molar-refractivity contribution in [3.63, 3.8) is 0 Å². The zero-order chi connectivity index (χ0) is 12.8. The molecule has 0 aliphatic carbocycles. The Morgan fingerprint density at radius 1 is 1.47 bits per heavy atom. The Balaban J connectivity index is 3.03. The zero-order valence-corrected chi connectivity index (χ0v) is 12.0. The second-order valence-corrected chi connectivity index (χ2v) is 5.04. The molecule has 0 atom stereocenters. The minimum Gasteiger partial charge on any atom is -0.397 e. The van der Waals surface area contributed by atoms with Crippen molar-refractivity contribution in [2.45, 2.75) is 26.7 Å². The van der Waals surface area contributed by atoms with E-state index in [1.54, 1.807) is 11.9 Å². The third-order valence-corrected chi connectivity index (χ3v) is 3.58. The average molecular weight is 250 g/mol. The van der Waals surface area contributed by atoms with Crippen molar-refractivity contribution in [1.82, 2.24) is 0 Å². The molecule has 3 heteroatoms. The third kappa shape index (κ3) is 3.70. The lowest BCUT2D eigenvalue weighted by molar-refractivity contribution is 0.959. The van der Waals surface area contributed by atoms with Crippen LogP contribution in [0, 0.1) is 0 Å². The fourth-order valence-electron chi connectivity index (χ4n) is 1.64. The Labute approximate surface area is 109 Å². The van der Waals surface area contributed by atoms with E-state index in [2.05, 4.69) is 36.4 Å². The van der Waals surface area contributed by atoms with Gasteiger partial charge in [-0.25, -0.2) is 0 Å². The van der Waals surface area contributed by atoms with Crippen LogP contribution in [0.3, 0.4) is 0 Å². The Morgan fingerprint density at radius 3 is 2.76 bits per heavy atom. The van der Waals surface area contributed by atoms with Gasteiger partial charge in [-0.2, -0.15) is 0 Å². The molecule has 94 valence electrons. The Hall–Kier alpha value is -1.09. The van der Waals surface area contributed by atoms with Gasteiger partial charge in [0, 0.05) is 13.3 Å². The smallest absolute Gasteiger partial charge is 0.0702 e. The van der Waals surface area contributed by atoms with Crippen LogP contribution >= 0.6 is 11.9 Å². The van der Waals surface area contributed by atoms with Crippen LogP contribution in [0.25, 0.3) is 5.57 Å². The van der Waals surface area contributed by atoms with Gasteiger partial charge in [0.05, 0.1) is 11.4 Å². The first-order valence-electron chi connectivity index (χ1n) is 5.94. The maximum Gasteiger partial charge on any atom is 0.0702 e. The minimum atomic E-state index is 0.828. The molecule has 0 spiro atoms. The van der Waals surface area contributed by atoms with Gasteiger partial charge in [0.25, 0.3) is 0 Å². The molecule has 0 bridgehead atoms. The van der Waals surface area contributed by atoms with E-state index in [0.29, 0.717) is 0 Å². The van der Waals surface area contributed by atoms with Crippen LogP contribution in [-0.4, -0.2) is 13.3 Å². The van der Waals surface area contributed by atoms with Crippen molar-refractivity contribution in [3.8, 4) is 0 Å². The predicted molar refractivity (Wildman–Crippen MR) is 81.3 cm³/mol. The summed E-state index contributed by atoms with van der Waals surface area (Å²) in [4.78, 5) is 0. The molecule has 0 aliphatic heterocycles. The van der Waals surface area contributed by atoms with E-state index in [0.717, 1.165) is 17.8 Å². The largest absolute Gasteiger partial charge is 0.397 e. The number of nitrogens with zero attached hydrogens (tertiary/aromatic N) is 1. The first kappa shape index (κ1) is 14.0. The first-order valence-corrected chi connectivity index (χ1v) is 7.12. The van der Waals surface area contributed by atoms with E-state index in [9.17, 15) is 0 Å². The van der Waals surface area contributed by atoms with Crippen LogP contribution in [-0.2, 0) is 0 Å². The lowest BCUT2D eigenvalue weighted by Crippen LogP contribution is -2.08. The molecule has 0 unspecified atom stereocenters. The number of unbranched alkanes of at least 4 members (excludes halogenated alkanes) is 1. The minimum absolute atomic E-state index is 0.828. The summed E-state index contributed by atoms with van der Waals surface area (Å²) in [6, 6.07) is 6.24. The quantitative estimate of drug-likeness (QED) is 0.627. The lowest BCUT2D eigenvalue weighted by atomic mass is 10.0. The molecule has 0 fully saturated rings. The van der Waals surface area contributed by atoms with E-state index >= 15 is 0 Å². The predicted octanol–water partition coefficient (Wildman–Crippen LogP) is 4.19. The SMILES string of the molecule is CCC/C=C(\C)c1ccc(N)c(N(C)SC)c1. The fourth-order valence-corrected chi connectivity index (χ4v) is 1.99. The highest BCUT2D eigenvalue weighted by atomic mass is 32.2. The summed E-state index contributed by atoms with van der Waals surface area (Å²) in [7, 11) is 2.03. The lowest BCUT2D eigenvalue weighted by Gasteiger charge is -2.18.